The molecule has 4 heterocycles. The Balaban J connectivity index is 1.70. The van der Waals surface area contributed by atoms with Crippen LogP contribution in [0.15, 0.2) is 4.60 Å². The standard InChI is InChI=1S/C18H24BrN5O5S2/c1-12-13(11-21-3-5-23(6-4-21)31(2,27)28)30-16-14(12)15(24(25)26)17(19)20-18(16)22-7-9-29-10-8-22/h3-11H2,1-2H3. The van der Waals surface area contributed by atoms with Crippen LogP contribution in [-0.4, -0.2) is 86.3 Å². The largest absolute Gasteiger partial charge is 0.378 e. The number of aryl methyl sites for hydroxylation is 1. The zero-order valence-electron chi connectivity index (χ0n) is 17.3. The van der Waals surface area contributed by atoms with Crippen molar-refractivity contribution in [2.24, 2.45) is 0 Å². The number of nitro groups is 1. The number of rotatable bonds is 5. The van der Waals surface area contributed by atoms with Crippen LogP contribution in [-0.2, 0) is 21.3 Å². The highest BCUT2D eigenvalue weighted by atomic mass is 79.9. The molecule has 2 aliphatic rings. The highest BCUT2D eigenvalue weighted by Crippen LogP contribution is 2.45. The molecule has 0 spiro atoms. The Bertz CT molecular complexity index is 1110. The quantitative estimate of drug-likeness (QED) is 0.326. The Kier molecular flexibility index (Phi) is 6.52. The first-order valence-corrected chi connectivity index (χ1v) is 13.4. The maximum atomic E-state index is 11.8. The number of halogens is 1. The molecule has 0 saturated carbocycles. The van der Waals surface area contributed by atoms with E-state index in [0.29, 0.717) is 64.4 Å². The van der Waals surface area contributed by atoms with Crippen LogP contribution in [0.5, 0.6) is 0 Å². The highest BCUT2D eigenvalue weighted by molar-refractivity contribution is 9.10. The van der Waals surface area contributed by atoms with Gasteiger partial charge in [-0.05, 0) is 28.4 Å². The predicted molar refractivity (Wildman–Crippen MR) is 123 cm³/mol. The van der Waals surface area contributed by atoms with Gasteiger partial charge in [-0.25, -0.2) is 13.4 Å². The average Bonchev–Trinajstić information content (AvgIpc) is 3.03. The molecule has 170 valence electrons. The number of piperazine rings is 1. The summed E-state index contributed by atoms with van der Waals surface area (Å²) in [6.07, 6.45) is 1.23. The Morgan fingerprint density at radius 2 is 1.84 bits per heavy atom. The Hall–Kier alpha value is -1.38. The van der Waals surface area contributed by atoms with E-state index in [1.807, 2.05) is 6.92 Å². The van der Waals surface area contributed by atoms with Gasteiger partial charge < -0.3 is 9.64 Å². The van der Waals surface area contributed by atoms with Gasteiger partial charge in [0.15, 0.2) is 4.60 Å². The lowest BCUT2D eigenvalue weighted by atomic mass is 10.1. The van der Waals surface area contributed by atoms with Crippen molar-refractivity contribution in [2.75, 3.05) is 63.6 Å². The van der Waals surface area contributed by atoms with E-state index in [2.05, 4.69) is 30.7 Å². The first kappa shape index (κ1) is 22.8. The fraction of sp³-hybridized carbons (Fsp3) is 0.611. The van der Waals surface area contributed by atoms with E-state index in [4.69, 9.17) is 4.74 Å². The number of pyridine rings is 1. The molecule has 0 unspecified atom stereocenters. The molecule has 0 atom stereocenters. The normalized spacial score (nSPS) is 19.3. The van der Waals surface area contributed by atoms with Crippen molar-refractivity contribution in [1.82, 2.24) is 14.2 Å². The van der Waals surface area contributed by atoms with Gasteiger partial charge in [-0.1, -0.05) is 0 Å². The van der Waals surface area contributed by atoms with Crippen molar-refractivity contribution >= 4 is 58.9 Å². The molecule has 0 amide bonds. The number of sulfonamides is 1. The summed E-state index contributed by atoms with van der Waals surface area (Å²) in [5.41, 5.74) is 0.878. The number of hydrogen-bond donors (Lipinski definition) is 0. The molecule has 2 saturated heterocycles. The van der Waals surface area contributed by atoms with E-state index in [1.54, 1.807) is 11.3 Å². The van der Waals surface area contributed by atoms with Gasteiger partial charge in [0, 0.05) is 50.7 Å². The molecule has 2 aromatic rings. The van der Waals surface area contributed by atoms with Crippen molar-refractivity contribution in [3.05, 3.63) is 25.2 Å². The zero-order chi connectivity index (χ0) is 22.3. The first-order chi connectivity index (χ1) is 14.7. The molecule has 31 heavy (non-hydrogen) atoms. The summed E-state index contributed by atoms with van der Waals surface area (Å²) >= 11 is 4.86. The molecule has 4 rings (SSSR count). The number of ether oxygens (including phenoxy) is 1. The molecule has 10 nitrogen and oxygen atoms in total. The monoisotopic (exact) mass is 533 g/mol. The van der Waals surface area contributed by atoms with Crippen molar-refractivity contribution in [3.63, 3.8) is 0 Å². The molecule has 13 heteroatoms. The maximum absolute atomic E-state index is 11.8. The average molecular weight is 534 g/mol. The highest BCUT2D eigenvalue weighted by Gasteiger charge is 2.30. The fourth-order valence-electron chi connectivity index (χ4n) is 4.03. The number of nitrogens with zero attached hydrogens (tertiary/aromatic N) is 5. The molecule has 0 bridgehead atoms. The molecule has 2 fully saturated rings. The van der Waals surface area contributed by atoms with Crippen LogP contribution in [0.1, 0.15) is 10.4 Å². The van der Waals surface area contributed by atoms with Crippen molar-refractivity contribution in [2.45, 2.75) is 13.5 Å². The minimum atomic E-state index is -3.18. The topological polar surface area (TPSA) is 109 Å². The maximum Gasteiger partial charge on any atom is 0.310 e. The number of hydrogen-bond acceptors (Lipinski definition) is 9. The zero-order valence-corrected chi connectivity index (χ0v) is 20.6. The number of fused-ring (bicyclic) bond motifs is 1. The van der Waals surface area contributed by atoms with Gasteiger partial charge in [0.05, 0.1) is 34.5 Å². The van der Waals surface area contributed by atoms with Gasteiger partial charge >= 0.3 is 5.69 Å². The van der Waals surface area contributed by atoms with Gasteiger partial charge in [0.25, 0.3) is 0 Å². The number of morpholine rings is 1. The minimum absolute atomic E-state index is 0.00564. The molecule has 2 aliphatic heterocycles. The second-order valence-corrected chi connectivity index (χ2v) is 11.6. The third-order valence-corrected chi connectivity index (χ3v) is 8.87. The van der Waals surface area contributed by atoms with Crippen LogP contribution >= 0.6 is 27.3 Å². The van der Waals surface area contributed by atoms with Crippen LogP contribution in [0, 0.1) is 17.0 Å². The predicted octanol–water partition coefficient (Wildman–Crippen LogP) is 2.19. The third kappa shape index (κ3) is 4.57. The smallest absolute Gasteiger partial charge is 0.310 e. The van der Waals surface area contributed by atoms with E-state index < -0.39 is 10.0 Å². The molecule has 0 aromatic carbocycles. The summed E-state index contributed by atoms with van der Waals surface area (Å²) in [4.78, 5) is 21.4. The number of thiophene rings is 1. The third-order valence-electron chi connectivity index (χ3n) is 5.75. The van der Waals surface area contributed by atoms with Crippen molar-refractivity contribution in [3.8, 4) is 0 Å². The van der Waals surface area contributed by atoms with Crippen LogP contribution in [0.2, 0.25) is 0 Å². The Morgan fingerprint density at radius 3 is 2.42 bits per heavy atom. The van der Waals surface area contributed by atoms with Gasteiger partial charge in [-0.3, -0.25) is 15.0 Å². The van der Waals surface area contributed by atoms with Gasteiger partial charge in [-0.2, -0.15) is 4.31 Å². The van der Waals surface area contributed by atoms with Crippen LogP contribution < -0.4 is 4.90 Å². The molecular formula is C18H24BrN5O5S2. The Labute approximate surface area is 193 Å². The second-order valence-electron chi connectivity index (χ2n) is 7.72. The van der Waals surface area contributed by atoms with Crippen LogP contribution in [0.4, 0.5) is 11.5 Å². The molecule has 0 radical (unpaired) electrons. The lowest BCUT2D eigenvalue weighted by molar-refractivity contribution is -0.384. The molecule has 0 aliphatic carbocycles. The van der Waals surface area contributed by atoms with E-state index in [1.165, 1.54) is 10.6 Å². The van der Waals surface area contributed by atoms with E-state index >= 15 is 0 Å². The molecular weight excluding hydrogens is 510 g/mol. The van der Waals surface area contributed by atoms with Gasteiger partial charge in [0.2, 0.25) is 10.0 Å². The molecule has 2 aromatic heterocycles. The van der Waals surface area contributed by atoms with Crippen molar-refractivity contribution in [1.29, 1.82) is 0 Å². The van der Waals surface area contributed by atoms with E-state index in [0.717, 1.165) is 21.0 Å². The van der Waals surface area contributed by atoms with Crippen LogP contribution in [0.25, 0.3) is 10.1 Å². The SMILES string of the molecule is Cc1c(CN2CCN(S(C)(=O)=O)CC2)sc2c(N3CCOCC3)nc(Br)c([N+](=O)[O-])c12. The molecule has 0 N–H and O–H groups in total. The summed E-state index contributed by atoms with van der Waals surface area (Å²) < 4.78 is 31.5. The summed E-state index contributed by atoms with van der Waals surface area (Å²) in [7, 11) is -3.18. The lowest BCUT2D eigenvalue weighted by Crippen LogP contribution is -2.47. The van der Waals surface area contributed by atoms with Gasteiger partial charge in [-0.15, -0.1) is 11.3 Å². The van der Waals surface area contributed by atoms with Crippen molar-refractivity contribution < 1.29 is 18.1 Å². The fourth-order valence-corrected chi connectivity index (χ4v) is 6.74. The van der Waals surface area contributed by atoms with Gasteiger partial charge in [0.1, 0.15) is 5.82 Å². The minimum Gasteiger partial charge on any atom is -0.378 e. The number of anilines is 1. The summed E-state index contributed by atoms with van der Waals surface area (Å²) in [6, 6.07) is 0. The summed E-state index contributed by atoms with van der Waals surface area (Å²) in [5.74, 6) is 0.747. The lowest BCUT2D eigenvalue weighted by Gasteiger charge is -2.33. The first-order valence-electron chi connectivity index (χ1n) is 9.93. The van der Waals surface area contributed by atoms with E-state index in [-0.39, 0.29) is 15.2 Å². The summed E-state index contributed by atoms with van der Waals surface area (Å²) in [5, 5.41) is 12.5. The van der Waals surface area contributed by atoms with E-state index in [9.17, 15) is 18.5 Å². The Morgan fingerprint density at radius 1 is 1.19 bits per heavy atom. The van der Waals surface area contributed by atoms with Crippen LogP contribution in [0.3, 0.4) is 0 Å². The summed E-state index contributed by atoms with van der Waals surface area (Å²) in [6.45, 7) is 7.27. The second kappa shape index (κ2) is 8.87. The number of aromatic nitrogens is 1.